The lowest BCUT2D eigenvalue weighted by Gasteiger charge is -2.27. The van der Waals surface area contributed by atoms with Gasteiger partial charge < -0.3 is 19.4 Å². The largest absolute Gasteiger partial charge is 0.469 e. The number of nitrogens with one attached hydrogen (secondary N) is 1. The van der Waals surface area contributed by atoms with E-state index < -0.39 is 10.0 Å². The number of morpholine rings is 1. The number of anilines is 1. The fourth-order valence-corrected chi connectivity index (χ4v) is 5.70. The van der Waals surface area contributed by atoms with Gasteiger partial charge in [0.25, 0.3) is 0 Å². The van der Waals surface area contributed by atoms with Gasteiger partial charge in [0.1, 0.15) is 12.3 Å². The first kappa shape index (κ1) is 23.5. The Morgan fingerprint density at radius 2 is 1.97 bits per heavy atom. The molecule has 0 radical (unpaired) electrons. The number of amides is 2. The van der Waals surface area contributed by atoms with Crippen LogP contribution < -0.4 is 10.2 Å². The zero-order chi connectivity index (χ0) is 23.4. The van der Waals surface area contributed by atoms with Crippen LogP contribution in [-0.4, -0.2) is 63.4 Å². The van der Waals surface area contributed by atoms with Crippen LogP contribution in [0.3, 0.4) is 0 Å². The van der Waals surface area contributed by atoms with Gasteiger partial charge >= 0.3 is 0 Å². The number of ether oxygens (including phenoxy) is 1. The van der Waals surface area contributed by atoms with Crippen molar-refractivity contribution in [2.24, 2.45) is 0 Å². The van der Waals surface area contributed by atoms with Crippen molar-refractivity contribution in [1.29, 1.82) is 0 Å². The van der Waals surface area contributed by atoms with Gasteiger partial charge in [-0.05, 0) is 55.7 Å². The maximum absolute atomic E-state index is 13.1. The summed E-state index contributed by atoms with van der Waals surface area (Å²) in [5, 5.41) is 2.91. The van der Waals surface area contributed by atoms with Crippen LogP contribution in [0.4, 0.5) is 5.69 Å². The molecule has 2 aromatic rings. The van der Waals surface area contributed by atoms with E-state index in [0.717, 1.165) is 11.3 Å². The van der Waals surface area contributed by atoms with Crippen LogP contribution in [-0.2, 0) is 37.2 Å². The van der Waals surface area contributed by atoms with Crippen molar-refractivity contribution in [3.05, 3.63) is 47.9 Å². The van der Waals surface area contributed by atoms with Crippen LogP contribution in [0.5, 0.6) is 0 Å². The third-order valence-corrected chi connectivity index (χ3v) is 7.78. The second-order valence-corrected chi connectivity index (χ2v) is 10.3. The van der Waals surface area contributed by atoms with Crippen LogP contribution in [0.1, 0.15) is 31.1 Å². The molecule has 0 bridgehead atoms. The fourth-order valence-electron chi connectivity index (χ4n) is 4.24. The smallest absolute Gasteiger partial charge is 0.243 e. The summed E-state index contributed by atoms with van der Waals surface area (Å²) in [6, 6.07) is 8.29. The molecule has 0 unspecified atom stereocenters. The standard InChI is InChI=1S/C23H29N3O6S/c1-17(14-19-5-3-11-32-19)24-22(27)16-26-21-8-7-20(15-18(21)4-2-6-23(26)28)33(29,30)25-9-12-31-13-10-25/h3,5,7-8,11,15,17H,2,4,6,9-10,12-14,16H2,1H3,(H,24,27)/t17-/m0/s1. The van der Waals surface area contributed by atoms with E-state index in [0.29, 0.717) is 57.7 Å². The Morgan fingerprint density at radius 3 is 2.70 bits per heavy atom. The molecule has 2 amide bonds. The maximum Gasteiger partial charge on any atom is 0.243 e. The number of carbonyl (C=O) groups excluding carboxylic acids is 2. The van der Waals surface area contributed by atoms with Gasteiger partial charge in [0.05, 0.1) is 24.4 Å². The van der Waals surface area contributed by atoms with E-state index in [1.165, 1.54) is 15.3 Å². The monoisotopic (exact) mass is 475 g/mol. The molecule has 33 heavy (non-hydrogen) atoms. The minimum atomic E-state index is -3.64. The van der Waals surface area contributed by atoms with Crippen LogP contribution >= 0.6 is 0 Å². The van der Waals surface area contributed by atoms with Crippen molar-refractivity contribution < 1.29 is 27.2 Å². The molecule has 1 saturated heterocycles. The average molecular weight is 476 g/mol. The molecule has 1 N–H and O–H groups in total. The summed E-state index contributed by atoms with van der Waals surface area (Å²) >= 11 is 0. The van der Waals surface area contributed by atoms with Crippen molar-refractivity contribution in [2.45, 2.75) is 43.5 Å². The van der Waals surface area contributed by atoms with E-state index in [2.05, 4.69) is 5.32 Å². The summed E-state index contributed by atoms with van der Waals surface area (Å²) in [5.41, 5.74) is 1.35. The van der Waals surface area contributed by atoms with Gasteiger partial charge in [-0.2, -0.15) is 4.31 Å². The number of benzene rings is 1. The Kier molecular flexibility index (Phi) is 7.16. The molecule has 2 aliphatic rings. The van der Waals surface area contributed by atoms with Crippen molar-refractivity contribution in [3.8, 4) is 0 Å². The normalized spacial score (nSPS) is 18.5. The summed E-state index contributed by atoms with van der Waals surface area (Å²) in [7, 11) is -3.64. The lowest BCUT2D eigenvalue weighted by Crippen LogP contribution is -2.44. The van der Waals surface area contributed by atoms with E-state index >= 15 is 0 Å². The van der Waals surface area contributed by atoms with Crippen molar-refractivity contribution in [2.75, 3.05) is 37.7 Å². The molecule has 1 aromatic heterocycles. The molecule has 178 valence electrons. The Hall–Kier alpha value is -2.69. The summed E-state index contributed by atoms with van der Waals surface area (Å²) in [6.07, 6.45) is 3.60. The SMILES string of the molecule is C[C@@H](Cc1ccco1)NC(=O)CN1C(=O)CCCc2cc(S(=O)(=O)N3CCOCC3)ccc21. The minimum absolute atomic E-state index is 0.121. The van der Waals surface area contributed by atoms with Gasteiger partial charge in [0.2, 0.25) is 21.8 Å². The lowest BCUT2D eigenvalue weighted by atomic mass is 10.1. The number of sulfonamides is 1. The Labute approximate surface area is 193 Å². The Balaban J connectivity index is 1.50. The average Bonchev–Trinajstić information content (AvgIpc) is 3.25. The lowest BCUT2D eigenvalue weighted by molar-refractivity contribution is -0.124. The minimum Gasteiger partial charge on any atom is -0.469 e. The first-order chi connectivity index (χ1) is 15.8. The van der Waals surface area contributed by atoms with Crippen LogP contribution in [0.15, 0.2) is 45.9 Å². The van der Waals surface area contributed by atoms with Gasteiger partial charge in [-0.25, -0.2) is 8.42 Å². The second kappa shape index (κ2) is 10.1. The molecule has 2 aliphatic heterocycles. The van der Waals surface area contributed by atoms with E-state index in [1.54, 1.807) is 24.5 Å². The predicted octanol–water partition coefficient (Wildman–Crippen LogP) is 1.72. The molecule has 1 fully saturated rings. The number of hydrogen-bond acceptors (Lipinski definition) is 6. The second-order valence-electron chi connectivity index (χ2n) is 8.39. The highest BCUT2D eigenvalue weighted by Crippen LogP contribution is 2.30. The zero-order valence-electron chi connectivity index (χ0n) is 18.7. The van der Waals surface area contributed by atoms with Gasteiger partial charge in [-0.1, -0.05) is 0 Å². The molecule has 3 heterocycles. The fraction of sp³-hybridized carbons (Fsp3) is 0.478. The van der Waals surface area contributed by atoms with E-state index in [1.807, 2.05) is 13.0 Å². The third-order valence-electron chi connectivity index (χ3n) is 5.88. The quantitative estimate of drug-likeness (QED) is 0.653. The summed E-state index contributed by atoms with van der Waals surface area (Å²) in [6.45, 7) is 3.14. The number of carbonyl (C=O) groups is 2. The zero-order valence-corrected chi connectivity index (χ0v) is 19.5. The molecular formula is C23H29N3O6S. The Morgan fingerprint density at radius 1 is 1.18 bits per heavy atom. The number of rotatable bonds is 7. The molecule has 0 aliphatic carbocycles. The summed E-state index contributed by atoms with van der Waals surface area (Å²) in [4.78, 5) is 27.1. The highest BCUT2D eigenvalue weighted by molar-refractivity contribution is 7.89. The number of furan rings is 1. The predicted molar refractivity (Wildman–Crippen MR) is 121 cm³/mol. The highest BCUT2D eigenvalue weighted by Gasteiger charge is 2.30. The molecule has 1 aromatic carbocycles. The van der Waals surface area contributed by atoms with Crippen molar-refractivity contribution in [1.82, 2.24) is 9.62 Å². The first-order valence-electron chi connectivity index (χ1n) is 11.2. The van der Waals surface area contributed by atoms with Crippen LogP contribution in [0.25, 0.3) is 0 Å². The maximum atomic E-state index is 13.1. The van der Waals surface area contributed by atoms with Crippen LogP contribution in [0.2, 0.25) is 0 Å². The van der Waals surface area contributed by atoms with E-state index in [-0.39, 0.29) is 29.3 Å². The molecule has 0 saturated carbocycles. The highest BCUT2D eigenvalue weighted by atomic mass is 32.2. The summed E-state index contributed by atoms with van der Waals surface area (Å²) in [5.74, 6) is 0.347. The topological polar surface area (TPSA) is 109 Å². The number of hydrogen-bond donors (Lipinski definition) is 1. The summed E-state index contributed by atoms with van der Waals surface area (Å²) < 4.78 is 38.1. The van der Waals surface area contributed by atoms with Gasteiger partial charge in [-0.15, -0.1) is 0 Å². The molecule has 10 heteroatoms. The van der Waals surface area contributed by atoms with Gasteiger partial charge in [0.15, 0.2) is 0 Å². The van der Waals surface area contributed by atoms with E-state index in [4.69, 9.17) is 9.15 Å². The Bertz CT molecular complexity index is 1090. The third kappa shape index (κ3) is 5.45. The molecular weight excluding hydrogens is 446 g/mol. The van der Waals surface area contributed by atoms with Gasteiger partial charge in [-0.3, -0.25) is 9.59 Å². The first-order valence-corrected chi connectivity index (χ1v) is 12.6. The molecule has 9 nitrogen and oxygen atoms in total. The number of aryl methyl sites for hydroxylation is 1. The number of fused-ring (bicyclic) bond motifs is 1. The molecule has 0 spiro atoms. The van der Waals surface area contributed by atoms with Gasteiger partial charge in [0, 0.05) is 37.7 Å². The molecule has 1 atom stereocenters. The molecule has 4 rings (SSSR count). The van der Waals surface area contributed by atoms with E-state index in [9.17, 15) is 18.0 Å². The number of nitrogens with zero attached hydrogens (tertiary/aromatic N) is 2. The van der Waals surface area contributed by atoms with Crippen LogP contribution in [0, 0.1) is 0 Å². The van der Waals surface area contributed by atoms with Crippen molar-refractivity contribution in [3.63, 3.8) is 0 Å². The van der Waals surface area contributed by atoms with Crippen molar-refractivity contribution >= 4 is 27.5 Å².